The van der Waals surface area contributed by atoms with Crippen LogP contribution < -0.4 is 0 Å². The Morgan fingerprint density at radius 3 is 2.77 bits per heavy atom. The lowest BCUT2D eigenvalue weighted by Crippen LogP contribution is -1.84. The summed E-state index contributed by atoms with van der Waals surface area (Å²) in [4.78, 5) is 0. The fraction of sp³-hybridized carbons (Fsp3) is 0.250. The first-order valence-electron chi connectivity index (χ1n) is 3.88. The Kier molecular flexibility index (Phi) is 1.84. The third-order valence-electron chi connectivity index (χ3n) is 1.85. The van der Waals surface area contributed by atoms with Gasteiger partial charge in [0.25, 0.3) is 0 Å². The second-order valence-electron chi connectivity index (χ2n) is 2.91. The second-order valence-corrected chi connectivity index (χ2v) is 3.29. The zero-order valence-electron chi connectivity index (χ0n) is 7.37. The van der Waals surface area contributed by atoms with Gasteiger partial charge in [0.2, 0.25) is 0 Å². The van der Waals surface area contributed by atoms with E-state index in [1.165, 1.54) is 0 Å². The van der Waals surface area contributed by atoms with Gasteiger partial charge in [-0.3, -0.25) is 9.78 Å². The number of hydrogen-bond acceptors (Lipinski definition) is 2. The van der Waals surface area contributed by atoms with Crippen molar-refractivity contribution in [2.24, 2.45) is 7.05 Å². The molecule has 0 aliphatic heterocycles. The van der Waals surface area contributed by atoms with Gasteiger partial charge in [0.15, 0.2) is 0 Å². The molecule has 0 aliphatic rings. The van der Waals surface area contributed by atoms with E-state index in [-0.39, 0.29) is 0 Å². The SMILES string of the molecule is Cc1[nH]nc(-c2cnn(C)c2)c1Cl. The van der Waals surface area contributed by atoms with E-state index in [1.54, 1.807) is 10.9 Å². The van der Waals surface area contributed by atoms with Gasteiger partial charge in [-0.05, 0) is 6.92 Å². The van der Waals surface area contributed by atoms with Crippen molar-refractivity contribution in [3.63, 3.8) is 0 Å². The van der Waals surface area contributed by atoms with Gasteiger partial charge in [-0.25, -0.2) is 0 Å². The molecule has 0 saturated heterocycles. The van der Waals surface area contributed by atoms with E-state index in [2.05, 4.69) is 15.3 Å². The minimum absolute atomic E-state index is 0.660. The molecule has 0 unspecified atom stereocenters. The number of nitrogens with one attached hydrogen (secondary N) is 1. The standard InChI is InChI=1S/C8H9ClN4/c1-5-7(9)8(12-11-5)6-3-10-13(2)4-6/h3-4H,1-2H3,(H,11,12). The van der Waals surface area contributed by atoms with Crippen LogP contribution in [-0.2, 0) is 7.05 Å². The first kappa shape index (κ1) is 8.31. The van der Waals surface area contributed by atoms with E-state index in [1.807, 2.05) is 20.2 Å². The maximum Gasteiger partial charge on any atom is 0.114 e. The molecule has 2 aromatic heterocycles. The number of aromatic amines is 1. The Labute approximate surface area is 80.5 Å². The summed E-state index contributed by atoms with van der Waals surface area (Å²) in [6, 6.07) is 0. The molecule has 0 atom stereocenters. The highest BCUT2D eigenvalue weighted by Crippen LogP contribution is 2.26. The Morgan fingerprint density at radius 1 is 1.54 bits per heavy atom. The number of H-pyrrole nitrogens is 1. The average molecular weight is 197 g/mol. The highest BCUT2D eigenvalue weighted by molar-refractivity contribution is 6.33. The molecule has 0 spiro atoms. The Hall–Kier alpha value is -1.29. The van der Waals surface area contributed by atoms with Crippen LogP contribution >= 0.6 is 11.6 Å². The molecule has 2 rings (SSSR count). The molecule has 0 radical (unpaired) electrons. The Balaban J connectivity index is 2.52. The topological polar surface area (TPSA) is 46.5 Å². The molecular formula is C8H9ClN4. The minimum atomic E-state index is 0.660. The highest BCUT2D eigenvalue weighted by Gasteiger charge is 2.10. The molecule has 0 fully saturated rings. The summed E-state index contributed by atoms with van der Waals surface area (Å²) in [5.41, 5.74) is 2.56. The number of halogens is 1. The van der Waals surface area contributed by atoms with E-state index in [9.17, 15) is 0 Å². The lowest BCUT2D eigenvalue weighted by atomic mass is 10.2. The fourth-order valence-electron chi connectivity index (χ4n) is 1.15. The van der Waals surface area contributed by atoms with E-state index < -0.39 is 0 Å². The predicted octanol–water partition coefficient (Wildman–Crippen LogP) is 1.77. The number of aryl methyl sites for hydroxylation is 2. The molecule has 0 amide bonds. The smallest absolute Gasteiger partial charge is 0.114 e. The van der Waals surface area contributed by atoms with Crippen molar-refractivity contribution in [2.45, 2.75) is 6.92 Å². The maximum absolute atomic E-state index is 6.02. The summed E-state index contributed by atoms with van der Waals surface area (Å²) in [5, 5.41) is 11.6. The third-order valence-corrected chi connectivity index (χ3v) is 2.31. The summed E-state index contributed by atoms with van der Waals surface area (Å²) in [6.07, 6.45) is 3.61. The van der Waals surface area contributed by atoms with Crippen LogP contribution in [-0.4, -0.2) is 20.0 Å². The molecule has 0 aromatic carbocycles. The average Bonchev–Trinajstić information content (AvgIpc) is 2.62. The highest BCUT2D eigenvalue weighted by atomic mass is 35.5. The molecule has 1 N–H and O–H groups in total. The summed E-state index contributed by atoms with van der Waals surface area (Å²) in [6.45, 7) is 1.88. The van der Waals surface area contributed by atoms with Gasteiger partial charge in [0.05, 0.1) is 16.9 Å². The van der Waals surface area contributed by atoms with E-state index in [4.69, 9.17) is 11.6 Å². The summed E-state index contributed by atoms with van der Waals surface area (Å²) in [5.74, 6) is 0. The molecule has 2 heterocycles. The van der Waals surface area contributed by atoms with Gasteiger partial charge in [-0.2, -0.15) is 10.2 Å². The quantitative estimate of drug-likeness (QED) is 0.756. The van der Waals surface area contributed by atoms with Crippen LogP contribution in [0.25, 0.3) is 11.3 Å². The summed E-state index contributed by atoms with van der Waals surface area (Å²) < 4.78 is 1.72. The van der Waals surface area contributed by atoms with E-state index in [0.717, 1.165) is 17.0 Å². The van der Waals surface area contributed by atoms with Crippen molar-refractivity contribution < 1.29 is 0 Å². The molecule has 68 valence electrons. The molecule has 4 nitrogen and oxygen atoms in total. The molecule has 0 aliphatic carbocycles. The number of nitrogens with zero attached hydrogens (tertiary/aromatic N) is 3. The van der Waals surface area contributed by atoms with Crippen LogP contribution in [0.5, 0.6) is 0 Å². The number of rotatable bonds is 1. The summed E-state index contributed by atoms with van der Waals surface area (Å²) >= 11 is 6.02. The van der Waals surface area contributed by atoms with Gasteiger partial charge in [-0.15, -0.1) is 0 Å². The monoisotopic (exact) mass is 196 g/mol. The van der Waals surface area contributed by atoms with Crippen molar-refractivity contribution in [1.29, 1.82) is 0 Å². The maximum atomic E-state index is 6.02. The van der Waals surface area contributed by atoms with Gasteiger partial charge in [-0.1, -0.05) is 11.6 Å². The number of aromatic nitrogens is 4. The van der Waals surface area contributed by atoms with Crippen molar-refractivity contribution in [3.8, 4) is 11.3 Å². The largest absolute Gasteiger partial charge is 0.281 e. The fourth-order valence-corrected chi connectivity index (χ4v) is 1.34. The van der Waals surface area contributed by atoms with Crippen LogP contribution in [0, 0.1) is 6.92 Å². The molecule has 2 aromatic rings. The molecule has 0 bridgehead atoms. The lowest BCUT2D eigenvalue weighted by molar-refractivity contribution is 0.768. The molecule has 0 saturated carbocycles. The van der Waals surface area contributed by atoms with Crippen LogP contribution in [0.4, 0.5) is 0 Å². The Morgan fingerprint density at radius 2 is 2.31 bits per heavy atom. The molecule has 13 heavy (non-hydrogen) atoms. The second kappa shape index (κ2) is 2.88. The Bertz CT molecular complexity index is 429. The van der Waals surface area contributed by atoms with Crippen molar-refractivity contribution >= 4 is 11.6 Å². The van der Waals surface area contributed by atoms with Gasteiger partial charge < -0.3 is 0 Å². The predicted molar refractivity (Wildman–Crippen MR) is 50.5 cm³/mol. The minimum Gasteiger partial charge on any atom is -0.281 e. The normalized spacial score (nSPS) is 10.7. The van der Waals surface area contributed by atoms with Gasteiger partial charge in [0, 0.05) is 18.8 Å². The van der Waals surface area contributed by atoms with Gasteiger partial charge in [0.1, 0.15) is 5.69 Å². The third kappa shape index (κ3) is 1.33. The van der Waals surface area contributed by atoms with Gasteiger partial charge >= 0.3 is 0 Å². The van der Waals surface area contributed by atoms with E-state index in [0.29, 0.717) is 5.02 Å². The van der Waals surface area contributed by atoms with E-state index >= 15 is 0 Å². The molecule has 5 heteroatoms. The van der Waals surface area contributed by atoms with Crippen molar-refractivity contribution in [3.05, 3.63) is 23.1 Å². The summed E-state index contributed by atoms with van der Waals surface area (Å²) in [7, 11) is 1.86. The van der Waals surface area contributed by atoms with Crippen LogP contribution in [0.15, 0.2) is 12.4 Å². The van der Waals surface area contributed by atoms with Crippen molar-refractivity contribution in [1.82, 2.24) is 20.0 Å². The first-order valence-corrected chi connectivity index (χ1v) is 4.26. The van der Waals surface area contributed by atoms with Crippen LogP contribution in [0.3, 0.4) is 0 Å². The van der Waals surface area contributed by atoms with Crippen LogP contribution in [0.1, 0.15) is 5.69 Å². The number of hydrogen-bond donors (Lipinski definition) is 1. The molecular weight excluding hydrogens is 188 g/mol. The zero-order valence-corrected chi connectivity index (χ0v) is 8.13. The zero-order chi connectivity index (χ0) is 9.42. The first-order chi connectivity index (χ1) is 6.18. The van der Waals surface area contributed by atoms with Crippen LogP contribution in [0.2, 0.25) is 5.02 Å². The van der Waals surface area contributed by atoms with Crippen molar-refractivity contribution in [2.75, 3.05) is 0 Å². The lowest BCUT2D eigenvalue weighted by Gasteiger charge is -1.89.